The Morgan fingerprint density at radius 3 is 2.76 bits per heavy atom. The number of amides is 1. The number of ether oxygens (including phenoxy) is 1. The monoisotopic (exact) mass is 258 g/mol. The number of carbonyl (C=O) groups excluding carboxylic acids is 1. The zero-order chi connectivity index (χ0) is 12.8. The fourth-order valence-electron chi connectivity index (χ4n) is 1.07. The van der Waals surface area contributed by atoms with Crippen molar-refractivity contribution in [1.29, 1.82) is 0 Å². The van der Waals surface area contributed by atoms with Crippen molar-refractivity contribution in [3.8, 4) is 0 Å². The molecule has 6 nitrogen and oxygen atoms in total. The highest BCUT2D eigenvalue weighted by molar-refractivity contribution is 6.29. The Kier molecular flexibility index (Phi) is 4.86. The molecule has 0 aromatic carbocycles. The van der Waals surface area contributed by atoms with Gasteiger partial charge in [-0.05, 0) is 12.1 Å². The molecule has 2 N–H and O–H groups in total. The molecule has 92 valence electrons. The van der Waals surface area contributed by atoms with E-state index in [2.05, 4.69) is 15.0 Å². The highest BCUT2D eigenvalue weighted by Crippen LogP contribution is 2.05. The Balaban J connectivity index is 2.55. The molecule has 0 aliphatic carbocycles. The zero-order valence-electron chi connectivity index (χ0n) is 9.01. The molecule has 1 heterocycles. The minimum absolute atomic E-state index is 0.118. The summed E-state index contributed by atoms with van der Waals surface area (Å²) >= 11 is 5.57. The normalized spacial score (nSPS) is 11.9. The van der Waals surface area contributed by atoms with Gasteiger partial charge in [0.05, 0.1) is 12.1 Å². The molecular weight excluding hydrogens is 248 g/mol. The van der Waals surface area contributed by atoms with Crippen LogP contribution in [0, 0.1) is 0 Å². The average molecular weight is 259 g/mol. The van der Waals surface area contributed by atoms with Crippen LogP contribution < -0.4 is 5.32 Å². The number of carboxylic acid groups (broad SMARTS) is 1. The molecule has 17 heavy (non-hydrogen) atoms. The van der Waals surface area contributed by atoms with Crippen LogP contribution in [0.1, 0.15) is 10.4 Å². The Hall–Kier alpha value is -1.66. The second-order valence-corrected chi connectivity index (χ2v) is 3.53. The predicted molar refractivity (Wildman–Crippen MR) is 60.0 cm³/mol. The molecule has 0 saturated carbocycles. The minimum Gasteiger partial charge on any atom is -0.479 e. The largest absolute Gasteiger partial charge is 0.479 e. The van der Waals surface area contributed by atoms with Crippen molar-refractivity contribution in [1.82, 2.24) is 10.3 Å². The molecule has 7 heteroatoms. The van der Waals surface area contributed by atoms with Crippen molar-refractivity contribution in [3.63, 3.8) is 0 Å². The van der Waals surface area contributed by atoms with Crippen LogP contribution in [0.4, 0.5) is 0 Å². The van der Waals surface area contributed by atoms with Crippen molar-refractivity contribution in [3.05, 3.63) is 29.0 Å². The highest BCUT2D eigenvalue weighted by atomic mass is 35.5. The maximum Gasteiger partial charge on any atom is 0.334 e. The Morgan fingerprint density at radius 1 is 1.59 bits per heavy atom. The maximum atomic E-state index is 11.6. The van der Waals surface area contributed by atoms with Crippen molar-refractivity contribution < 1.29 is 19.4 Å². The van der Waals surface area contributed by atoms with Gasteiger partial charge in [0.2, 0.25) is 0 Å². The second-order valence-electron chi connectivity index (χ2n) is 3.14. The van der Waals surface area contributed by atoms with Gasteiger partial charge in [0.25, 0.3) is 5.91 Å². The molecular formula is C10H11ClN2O4. The van der Waals surface area contributed by atoms with E-state index in [-0.39, 0.29) is 11.7 Å². The lowest BCUT2D eigenvalue weighted by atomic mass is 10.2. The fraction of sp³-hybridized carbons (Fsp3) is 0.300. The summed E-state index contributed by atoms with van der Waals surface area (Å²) in [7, 11) is 1.26. The van der Waals surface area contributed by atoms with E-state index in [1.54, 1.807) is 0 Å². The molecule has 0 saturated heterocycles. The number of hydrogen-bond acceptors (Lipinski definition) is 4. The van der Waals surface area contributed by atoms with Gasteiger partial charge in [-0.25, -0.2) is 9.78 Å². The van der Waals surface area contributed by atoms with Gasteiger partial charge >= 0.3 is 5.97 Å². The lowest BCUT2D eigenvalue weighted by Crippen LogP contribution is -2.37. The SMILES string of the molecule is COC(CNC(=O)c1ccc(Cl)nc1)C(=O)O. The number of carbonyl (C=O) groups is 2. The van der Waals surface area contributed by atoms with Crippen molar-refractivity contribution >= 4 is 23.5 Å². The van der Waals surface area contributed by atoms with Crippen LogP contribution in [0.3, 0.4) is 0 Å². The number of halogens is 1. The summed E-state index contributed by atoms with van der Waals surface area (Å²) in [5.74, 6) is -1.57. The molecule has 0 aliphatic rings. The smallest absolute Gasteiger partial charge is 0.334 e. The Bertz CT molecular complexity index is 407. The quantitative estimate of drug-likeness (QED) is 0.754. The summed E-state index contributed by atoms with van der Waals surface area (Å²) < 4.78 is 4.67. The van der Waals surface area contributed by atoms with Gasteiger partial charge in [0, 0.05) is 13.3 Å². The summed E-state index contributed by atoms with van der Waals surface area (Å²) in [6.07, 6.45) is 0.236. The molecule has 0 bridgehead atoms. The fourth-order valence-corrected chi connectivity index (χ4v) is 1.18. The topological polar surface area (TPSA) is 88.5 Å². The maximum absolute atomic E-state index is 11.6. The third-order valence-corrected chi connectivity index (χ3v) is 2.22. The second kappa shape index (κ2) is 6.17. The first-order valence-corrected chi connectivity index (χ1v) is 5.07. The molecule has 1 amide bonds. The minimum atomic E-state index is -1.14. The first kappa shape index (κ1) is 13.4. The van der Waals surface area contributed by atoms with Gasteiger partial charge in [-0.3, -0.25) is 4.79 Å². The van der Waals surface area contributed by atoms with E-state index in [4.69, 9.17) is 16.7 Å². The summed E-state index contributed by atoms with van der Waals surface area (Å²) in [5, 5.41) is 11.4. The van der Waals surface area contributed by atoms with Gasteiger partial charge in [-0.15, -0.1) is 0 Å². The number of carboxylic acids is 1. The van der Waals surface area contributed by atoms with Crippen LogP contribution in [-0.4, -0.2) is 41.7 Å². The number of pyridine rings is 1. The first-order valence-electron chi connectivity index (χ1n) is 4.70. The molecule has 0 radical (unpaired) electrons. The van der Waals surface area contributed by atoms with E-state index in [0.29, 0.717) is 5.56 Å². The van der Waals surface area contributed by atoms with E-state index in [0.717, 1.165) is 0 Å². The van der Waals surface area contributed by atoms with E-state index in [1.807, 2.05) is 0 Å². The molecule has 1 aromatic heterocycles. The van der Waals surface area contributed by atoms with Gasteiger partial charge in [-0.1, -0.05) is 11.6 Å². The van der Waals surface area contributed by atoms with Crippen LogP contribution in [0.25, 0.3) is 0 Å². The molecule has 0 fully saturated rings. The lowest BCUT2D eigenvalue weighted by molar-refractivity contribution is -0.148. The lowest BCUT2D eigenvalue weighted by Gasteiger charge is -2.11. The average Bonchev–Trinajstić information content (AvgIpc) is 2.30. The van der Waals surface area contributed by atoms with Gasteiger partial charge in [-0.2, -0.15) is 0 Å². The van der Waals surface area contributed by atoms with Crippen molar-refractivity contribution in [2.24, 2.45) is 0 Å². The van der Waals surface area contributed by atoms with E-state index in [1.165, 1.54) is 25.4 Å². The van der Waals surface area contributed by atoms with Gasteiger partial charge in [0.1, 0.15) is 5.15 Å². The van der Waals surface area contributed by atoms with Gasteiger partial charge in [0.15, 0.2) is 6.10 Å². The van der Waals surface area contributed by atoms with Crippen LogP contribution in [0.5, 0.6) is 0 Å². The molecule has 1 aromatic rings. The third kappa shape index (κ3) is 4.01. The number of hydrogen-bond donors (Lipinski definition) is 2. The number of aliphatic carboxylic acids is 1. The molecule has 1 atom stereocenters. The summed E-state index contributed by atoms with van der Waals surface area (Å²) in [4.78, 5) is 25.9. The number of nitrogens with one attached hydrogen (secondary N) is 1. The Morgan fingerprint density at radius 2 is 2.29 bits per heavy atom. The summed E-state index contributed by atoms with van der Waals surface area (Å²) in [5.41, 5.74) is 0.301. The predicted octanol–water partition coefficient (Wildman–Crippen LogP) is 0.564. The highest BCUT2D eigenvalue weighted by Gasteiger charge is 2.17. The van der Waals surface area contributed by atoms with Gasteiger partial charge < -0.3 is 15.2 Å². The number of rotatable bonds is 5. The molecule has 0 aliphatic heterocycles. The summed E-state index contributed by atoms with van der Waals surface area (Å²) in [6.45, 7) is -0.118. The van der Waals surface area contributed by atoms with E-state index in [9.17, 15) is 9.59 Å². The molecule has 0 spiro atoms. The number of nitrogens with zero attached hydrogens (tertiary/aromatic N) is 1. The van der Waals surface area contributed by atoms with Crippen LogP contribution in [0.15, 0.2) is 18.3 Å². The molecule has 1 rings (SSSR count). The zero-order valence-corrected chi connectivity index (χ0v) is 9.77. The van der Waals surface area contributed by atoms with Crippen LogP contribution >= 0.6 is 11.6 Å². The summed E-state index contributed by atoms with van der Waals surface area (Å²) in [6, 6.07) is 2.97. The third-order valence-electron chi connectivity index (χ3n) is 2.00. The van der Waals surface area contributed by atoms with Crippen LogP contribution in [-0.2, 0) is 9.53 Å². The van der Waals surface area contributed by atoms with Crippen molar-refractivity contribution in [2.75, 3.05) is 13.7 Å². The van der Waals surface area contributed by atoms with Crippen molar-refractivity contribution in [2.45, 2.75) is 6.10 Å². The van der Waals surface area contributed by atoms with Crippen LogP contribution in [0.2, 0.25) is 5.15 Å². The van der Waals surface area contributed by atoms with E-state index >= 15 is 0 Å². The standard InChI is InChI=1S/C10H11ClN2O4/c1-17-7(10(15)16)5-13-9(14)6-2-3-8(11)12-4-6/h2-4,7H,5H2,1H3,(H,13,14)(H,15,16). The first-order chi connectivity index (χ1) is 8.04. The van der Waals surface area contributed by atoms with E-state index < -0.39 is 18.0 Å². The molecule has 1 unspecified atom stereocenters. The number of aromatic nitrogens is 1. The Labute approximate surface area is 103 Å². The number of methoxy groups -OCH3 is 1.